The van der Waals surface area contributed by atoms with Crippen molar-refractivity contribution in [3.63, 3.8) is 0 Å². The van der Waals surface area contributed by atoms with E-state index in [1.165, 1.54) is 0 Å². The lowest BCUT2D eigenvalue weighted by Gasteiger charge is -2.22. The maximum atomic E-state index is 13.2. The molecule has 0 unspecified atom stereocenters. The monoisotopic (exact) mass is 375 g/mol. The molecule has 3 rings (SSSR count). The van der Waals surface area contributed by atoms with Crippen LogP contribution in [0, 0.1) is 18.3 Å². The maximum Gasteiger partial charge on any atom is 0.256 e. The standard InChI is InChI=1S/C22H18ClN3O/c1-3-10-26(14-17-6-4-16(13-24)5-7-17)22(27)20-12-18-11-19(23)8-9-21(18)25-15(20)2/h3-9,11-12H,1,10,14H2,2H3. The molecule has 1 aromatic heterocycles. The molecule has 0 aliphatic carbocycles. The largest absolute Gasteiger partial charge is 0.331 e. The van der Waals surface area contributed by atoms with Gasteiger partial charge in [-0.05, 0) is 48.9 Å². The van der Waals surface area contributed by atoms with Crippen LogP contribution in [-0.4, -0.2) is 22.3 Å². The summed E-state index contributed by atoms with van der Waals surface area (Å²) in [5, 5.41) is 10.4. The number of benzene rings is 2. The van der Waals surface area contributed by atoms with E-state index in [-0.39, 0.29) is 5.91 Å². The minimum absolute atomic E-state index is 0.119. The van der Waals surface area contributed by atoms with Gasteiger partial charge in [-0.1, -0.05) is 29.8 Å². The number of pyridine rings is 1. The molecule has 0 spiro atoms. The number of nitrogens with zero attached hydrogens (tertiary/aromatic N) is 3. The van der Waals surface area contributed by atoms with Gasteiger partial charge >= 0.3 is 0 Å². The number of carbonyl (C=O) groups is 1. The van der Waals surface area contributed by atoms with Crippen LogP contribution in [0.25, 0.3) is 10.9 Å². The molecule has 1 amide bonds. The van der Waals surface area contributed by atoms with Crippen LogP contribution in [0.1, 0.15) is 27.2 Å². The van der Waals surface area contributed by atoms with Gasteiger partial charge in [0.05, 0.1) is 28.4 Å². The predicted molar refractivity (Wildman–Crippen MR) is 108 cm³/mol. The quantitative estimate of drug-likeness (QED) is 0.596. The van der Waals surface area contributed by atoms with E-state index in [9.17, 15) is 4.79 Å². The molecule has 3 aromatic rings. The zero-order valence-corrected chi connectivity index (χ0v) is 15.7. The third-order valence-electron chi connectivity index (χ3n) is 4.29. The van der Waals surface area contributed by atoms with Crippen LogP contribution in [0.15, 0.2) is 61.2 Å². The lowest BCUT2D eigenvalue weighted by Crippen LogP contribution is -2.31. The SMILES string of the molecule is C=CCN(Cc1ccc(C#N)cc1)C(=O)c1cc2cc(Cl)ccc2nc1C. The first-order valence-corrected chi connectivity index (χ1v) is 8.85. The summed E-state index contributed by atoms with van der Waals surface area (Å²) in [7, 11) is 0. The van der Waals surface area contributed by atoms with Gasteiger partial charge in [0.15, 0.2) is 0 Å². The fourth-order valence-electron chi connectivity index (χ4n) is 2.91. The van der Waals surface area contributed by atoms with Crippen LogP contribution in [0.4, 0.5) is 0 Å². The number of rotatable bonds is 5. The fourth-order valence-corrected chi connectivity index (χ4v) is 3.09. The number of halogens is 1. The third-order valence-corrected chi connectivity index (χ3v) is 4.53. The Hall–Kier alpha value is -3.16. The Labute approximate surface area is 163 Å². The van der Waals surface area contributed by atoms with Crippen molar-refractivity contribution < 1.29 is 4.79 Å². The van der Waals surface area contributed by atoms with Crippen LogP contribution in [0.5, 0.6) is 0 Å². The zero-order chi connectivity index (χ0) is 19.4. The van der Waals surface area contributed by atoms with Crippen LogP contribution >= 0.6 is 11.6 Å². The number of fused-ring (bicyclic) bond motifs is 1. The molecule has 0 N–H and O–H groups in total. The van der Waals surface area contributed by atoms with Gasteiger partial charge in [-0.3, -0.25) is 9.78 Å². The lowest BCUT2D eigenvalue weighted by molar-refractivity contribution is 0.0761. The van der Waals surface area contributed by atoms with E-state index < -0.39 is 0 Å². The summed E-state index contributed by atoms with van der Waals surface area (Å²) in [4.78, 5) is 19.4. The molecular weight excluding hydrogens is 358 g/mol. The van der Waals surface area contributed by atoms with Crippen molar-refractivity contribution in [2.75, 3.05) is 6.54 Å². The number of aromatic nitrogens is 1. The molecule has 0 aliphatic heterocycles. The Morgan fingerprint density at radius 1 is 1.26 bits per heavy atom. The Kier molecular flexibility index (Phi) is 5.54. The summed E-state index contributed by atoms with van der Waals surface area (Å²) >= 11 is 6.08. The smallest absolute Gasteiger partial charge is 0.256 e. The van der Waals surface area contributed by atoms with Gasteiger partial charge < -0.3 is 4.90 Å². The Balaban J connectivity index is 1.94. The Morgan fingerprint density at radius 2 is 2.00 bits per heavy atom. The van der Waals surface area contributed by atoms with Crippen molar-refractivity contribution in [2.45, 2.75) is 13.5 Å². The third kappa shape index (κ3) is 4.16. The van der Waals surface area contributed by atoms with Crippen molar-refractivity contribution in [1.82, 2.24) is 9.88 Å². The lowest BCUT2D eigenvalue weighted by atomic mass is 10.1. The molecule has 0 radical (unpaired) electrons. The molecule has 0 fully saturated rings. The molecule has 0 aliphatic rings. The molecule has 134 valence electrons. The minimum Gasteiger partial charge on any atom is -0.331 e. The number of nitriles is 1. The van der Waals surface area contributed by atoms with Gasteiger partial charge in [0, 0.05) is 23.5 Å². The second-order valence-corrected chi connectivity index (χ2v) is 6.68. The highest BCUT2D eigenvalue weighted by Gasteiger charge is 2.19. The first-order chi connectivity index (χ1) is 13.0. The number of amides is 1. The van der Waals surface area contributed by atoms with Crippen molar-refractivity contribution in [3.8, 4) is 6.07 Å². The molecular formula is C22H18ClN3O. The normalized spacial score (nSPS) is 10.4. The minimum atomic E-state index is -0.119. The van der Waals surface area contributed by atoms with Crippen molar-refractivity contribution in [2.24, 2.45) is 0 Å². The second kappa shape index (κ2) is 8.03. The molecule has 2 aromatic carbocycles. The summed E-state index contributed by atoms with van der Waals surface area (Å²) < 4.78 is 0. The summed E-state index contributed by atoms with van der Waals surface area (Å²) in [5.41, 5.74) is 3.55. The molecule has 0 saturated heterocycles. The molecule has 1 heterocycles. The average Bonchev–Trinajstić information content (AvgIpc) is 2.67. The summed E-state index contributed by atoms with van der Waals surface area (Å²) in [6.45, 7) is 6.42. The topological polar surface area (TPSA) is 57.0 Å². The number of carbonyl (C=O) groups excluding carboxylic acids is 1. The van der Waals surface area contributed by atoms with Crippen molar-refractivity contribution in [1.29, 1.82) is 5.26 Å². The Morgan fingerprint density at radius 3 is 2.67 bits per heavy atom. The average molecular weight is 376 g/mol. The predicted octanol–water partition coefficient (Wildman–Crippen LogP) is 4.90. The highest BCUT2D eigenvalue weighted by molar-refractivity contribution is 6.31. The number of hydrogen-bond acceptors (Lipinski definition) is 3. The van der Waals surface area contributed by atoms with Gasteiger partial charge in [0.2, 0.25) is 0 Å². The van der Waals surface area contributed by atoms with Gasteiger partial charge in [0.25, 0.3) is 5.91 Å². The van der Waals surface area contributed by atoms with Gasteiger partial charge in [-0.2, -0.15) is 5.26 Å². The zero-order valence-electron chi connectivity index (χ0n) is 14.9. The van der Waals surface area contributed by atoms with E-state index in [2.05, 4.69) is 17.6 Å². The summed E-state index contributed by atoms with van der Waals surface area (Å²) in [5.74, 6) is -0.119. The highest BCUT2D eigenvalue weighted by Crippen LogP contribution is 2.22. The Bertz CT molecular complexity index is 1050. The van der Waals surface area contributed by atoms with Gasteiger partial charge in [0.1, 0.15) is 0 Å². The fraction of sp³-hybridized carbons (Fsp3) is 0.136. The van der Waals surface area contributed by atoms with Gasteiger partial charge in [-0.15, -0.1) is 6.58 Å². The summed E-state index contributed by atoms with van der Waals surface area (Å²) in [6, 6.07) is 16.6. The highest BCUT2D eigenvalue weighted by atomic mass is 35.5. The van der Waals surface area contributed by atoms with E-state index in [0.29, 0.717) is 34.9 Å². The van der Waals surface area contributed by atoms with Crippen LogP contribution in [0.3, 0.4) is 0 Å². The van der Waals surface area contributed by atoms with Crippen LogP contribution < -0.4 is 0 Å². The molecule has 4 nitrogen and oxygen atoms in total. The van der Waals surface area contributed by atoms with E-state index in [1.807, 2.05) is 31.2 Å². The van der Waals surface area contributed by atoms with Crippen molar-refractivity contribution >= 4 is 28.4 Å². The summed E-state index contributed by atoms with van der Waals surface area (Å²) in [6.07, 6.45) is 1.70. The molecule has 27 heavy (non-hydrogen) atoms. The number of aryl methyl sites for hydroxylation is 1. The van der Waals surface area contributed by atoms with Crippen molar-refractivity contribution in [3.05, 3.63) is 88.6 Å². The van der Waals surface area contributed by atoms with E-state index in [4.69, 9.17) is 16.9 Å². The van der Waals surface area contributed by atoms with Gasteiger partial charge in [-0.25, -0.2) is 0 Å². The molecule has 0 bridgehead atoms. The second-order valence-electron chi connectivity index (χ2n) is 6.24. The van der Waals surface area contributed by atoms with Crippen LogP contribution in [-0.2, 0) is 6.54 Å². The first kappa shape index (κ1) is 18.6. The first-order valence-electron chi connectivity index (χ1n) is 8.48. The molecule has 5 heteroatoms. The van der Waals surface area contributed by atoms with E-state index in [0.717, 1.165) is 16.5 Å². The molecule has 0 saturated carbocycles. The van der Waals surface area contributed by atoms with E-state index in [1.54, 1.807) is 35.2 Å². The molecule has 0 atom stereocenters. The van der Waals surface area contributed by atoms with E-state index >= 15 is 0 Å². The maximum absolute atomic E-state index is 13.2. The number of hydrogen-bond donors (Lipinski definition) is 0. The van der Waals surface area contributed by atoms with Crippen LogP contribution in [0.2, 0.25) is 5.02 Å².